The van der Waals surface area contributed by atoms with E-state index in [0.717, 1.165) is 10.0 Å². The molecule has 0 aliphatic heterocycles. The minimum Gasteiger partial charge on any atom is -0.314 e. The van der Waals surface area contributed by atoms with Crippen molar-refractivity contribution in [2.24, 2.45) is 0 Å². The zero-order chi connectivity index (χ0) is 15.2. The van der Waals surface area contributed by atoms with Gasteiger partial charge in [-0.15, -0.1) is 0 Å². The van der Waals surface area contributed by atoms with E-state index in [1.54, 1.807) is 6.08 Å². The number of carbonyl (C=O) groups is 1. The molecule has 2 aromatic rings. The molecule has 0 aromatic heterocycles. The molecule has 0 heterocycles. The lowest BCUT2D eigenvalue weighted by atomic mass is 10.2. The summed E-state index contributed by atoms with van der Waals surface area (Å²) in [4.78, 5) is 11.6. The summed E-state index contributed by atoms with van der Waals surface area (Å²) in [5.41, 5.74) is 1.36. The number of carbonyl (C=O) groups excluding carboxylic acids is 1. The molecule has 0 fully saturated rings. The summed E-state index contributed by atoms with van der Waals surface area (Å²) in [6, 6.07) is 11.1. The lowest BCUT2D eigenvalue weighted by Crippen LogP contribution is -2.23. The SMILES string of the molecule is O=C(N/C=C/c1ccc(Br)cc1)Nc1ccc(F)c(Cl)c1. The molecule has 0 bridgehead atoms. The minimum absolute atomic E-state index is 0.0433. The van der Waals surface area contributed by atoms with Crippen molar-refractivity contribution >= 4 is 45.3 Å². The molecule has 108 valence electrons. The number of benzene rings is 2. The van der Waals surface area contributed by atoms with Gasteiger partial charge in [0.1, 0.15) is 5.82 Å². The Bertz CT molecular complexity index is 674. The molecule has 0 radical (unpaired) electrons. The number of amides is 2. The van der Waals surface area contributed by atoms with Gasteiger partial charge < -0.3 is 10.6 Å². The maximum absolute atomic E-state index is 13.0. The highest BCUT2D eigenvalue weighted by Crippen LogP contribution is 2.19. The van der Waals surface area contributed by atoms with Crippen LogP contribution in [0.1, 0.15) is 5.56 Å². The van der Waals surface area contributed by atoms with Crippen LogP contribution in [0.15, 0.2) is 53.1 Å². The van der Waals surface area contributed by atoms with Crippen molar-refractivity contribution in [2.75, 3.05) is 5.32 Å². The summed E-state index contributed by atoms with van der Waals surface area (Å²) in [5.74, 6) is -0.530. The number of rotatable bonds is 3. The monoisotopic (exact) mass is 368 g/mol. The first kappa shape index (κ1) is 15.5. The van der Waals surface area contributed by atoms with E-state index in [9.17, 15) is 9.18 Å². The van der Waals surface area contributed by atoms with E-state index in [-0.39, 0.29) is 5.02 Å². The fourth-order valence-electron chi connectivity index (χ4n) is 1.53. The van der Waals surface area contributed by atoms with Gasteiger partial charge in [0, 0.05) is 16.4 Å². The predicted molar refractivity (Wildman–Crippen MR) is 86.7 cm³/mol. The van der Waals surface area contributed by atoms with Gasteiger partial charge in [-0.25, -0.2) is 9.18 Å². The van der Waals surface area contributed by atoms with Gasteiger partial charge in [-0.1, -0.05) is 39.7 Å². The van der Waals surface area contributed by atoms with Crippen LogP contribution in [0, 0.1) is 5.82 Å². The molecule has 3 nitrogen and oxygen atoms in total. The van der Waals surface area contributed by atoms with Crippen molar-refractivity contribution in [1.29, 1.82) is 0 Å². The van der Waals surface area contributed by atoms with Crippen LogP contribution in [-0.2, 0) is 0 Å². The van der Waals surface area contributed by atoms with E-state index in [2.05, 4.69) is 26.6 Å². The normalized spacial score (nSPS) is 10.6. The first-order valence-electron chi connectivity index (χ1n) is 5.99. The Kier molecular flexibility index (Phi) is 5.36. The molecule has 0 aliphatic carbocycles. The second-order valence-corrected chi connectivity index (χ2v) is 5.44. The van der Waals surface area contributed by atoms with Crippen molar-refractivity contribution in [2.45, 2.75) is 0 Å². The quantitative estimate of drug-likeness (QED) is 0.782. The van der Waals surface area contributed by atoms with E-state index in [0.29, 0.717) is 5.69 Å². The van der Waals surface area contributed by atoms with Crippen molar-refractivity contribution in [1.82, 2.24) is 5.32 Å². The third kappa shape index (κ3) is 4.88. The fourth-order valence-corrected chi connectivity index (χ4v) is 1.97. The molecule has 2 N–H and O–H groups in total. The van der Waals surface area contributed by atoms with Gasteiger partial charge in [-0.2, -0.15) is 0 Å². The van der Waals surface area contributed by atoms with E-state index < -0.39 is 11.8 Å². The molecule has 0 spiro atoms. The summed E-state index contributed by atoms with van der Waals surface area (Å²) >= 11 is 8.97. The van der Waals surface area contributed by atoms with Crippen molar-refractivity contribution < 1.29 is 9.18 Å². The Hall–Kier alpha value is -1.85. The molecule has 21 heavy (non-hydrogen) atoms. The van der Waals surface area contributed by atoms with Crippen LogP contribution in [-0.4, -0.2) is 6.03 Å². The summed E-state index contributed by atoms with van der Waals surface area (Å²) in [6.45, 7) is 0. The van der Waals surface area contributed by atoms with Crippen molar-refractivity contribution in [3.8, 4) is 0 Å². The Morgan fingerprint density at radius 3 is 2.57 bits per heavy atom. The average Bonchev–Trinajstić information content (AvgIpc) is 2.45. The molecular formula is C15H11BrClFN2O. The van der Waals surface area contributed by atoms with E-state index in [1.807, 2.05) is 24.3 Å². The highest BCUT2D eigenvalue weighted by molar-refractivity contribution is 9.10. The van der Waals surface area contributed by atoms with Crippen LogP contribution in [0.5, 0.6) is 0 Å². The van der Waals surface area contributed by atoms with Gasteiger partial charge in [0.15, 0.2) is 0 Å². The number of halogens is 3. The van der Waals surface area contributed by atoms with Gasteiger partial charge >= 0.3 is 6.03 Å². The van der Waals surface area contributed by atoms with Crippen LogP contribution in [0.4, 0.5) is 14.9 Å². The molecule has 0 unspecified atom stereocenters. The largest absolute Gasteiger partial charge is 0.323 e. The summed E-state index contributed by atoms with van der Waals surface area (Å²) < 4.78 is 14.0. The molecule has 2 aromatic carbocycles. The topological polar surface area (TPSA) is 41.1 Å². The number of urea groups is 1. The maximum Gasteiger partial charge on any atom is 0.323 e. The van der Waals surface area contributed by atoms with Crippen LogP contribution in [0.25, 0.3) is 6.08 Å². The average molecular weight is 370 g/mol. The smallest absolute Gasteiger partial charge is 0.314 e. The molecule has 0 aliphatic rings. The lowest BCUT2D eigenvalue weighted by Gasteiger charge is -2.05. The number of nitrogens with one attached hydrogen (secondary N) is 2. The summed E-state index contributed by atoms with van der Waals surface area (Å²) in [6.07, 6.45) is 3.27. The summed E-state index contributed by atoms with van der Waals surface area (Å²) in [7, 11) is 0. The first-order chi connectivity index (χ1) is 10.0. The zero-order valence-corrected chi connectivity index (χ0v) is 13.1. The molecule has 0 saturated heterocycles. The van der Waals surface area contributed by atoms with Gasteiger partial charge in [0.05, 0.1) is 5.02 Å². The molecule has 6 heteroatoms. The highest BCUT2D eigenvalue weighted by Gasteiger charge is 2.03. The zero-order valence-electron chi connectivity index (χ0n) is 10.7. The second-order valence-electron chi connectivity index (χ2n) is 4.11. The first-order valence-corrected chi connectivity index (χ1v) is 7.16. The molecule has 2 rings (SSSR count). The maximum atomic E-state index is 13.0. The Balaban J connectivity index is 1.89. The van der Waals surface area contributed by atoms with Crippen LogP contribution in [0.3, 0.4) is 0 Å². The number of hydrogen-bond donors (Lipinski definition) is 2. The van der Waals surface area contributed by atoms with Gasteiger partial charge in [0.25, 0.3) is 0 Å². The lowest BCUT2D eigenvalue weighted by molar-refractivity contribution is 0.255. The fraction of sp³-hybridized carbons (Fsp3) is 0. The van der Waals surface area contributed by atoms with E-state index in [1.165, 1.54) is 24.4 Å². The van der Waals surface area contributed by atoms with E-state index >= 15 is 0 Å². The Morgan fingerprint density at radius 2 is 1.90 bits per heavy atom. The van der Waals surface area contributed by atoms with Gasteiger partial charge in [0.2, 0.25) is 0 Å². The molecule has 0 atom stereocenters. The van der Waals surface area contributed by atoms with Gasteiger partial charge in [-0.05, 0) is 42.0 Å². The summed E-state index contributed by atoms with van der Waals surface area (Å²) in [5, 5.41) is 5.05. The Labute approximate surface area is 134 Å². The van der Waals surface area contributed by atoms with Crippen LogP contribution in [0.2, 0.25) is 5.02 Å². The third-order valence-electron chi connectivity index (χ3n) is 2.54. The number of anilines is 1. The van der Waals surface area contributed by atoms with Crippen molar-refractivity contribution in [3.05, 3.63) is 69.5 Å². The number of hydrogen-bond acceptors (Lipinski definition) is 1. The standard InChI is InChI=1S/C15H11BrClFN2O/c16-11-3-1-10(2-4-11)7-8-19-15(21)20-12-5-6-14(18)13(17)9-12/h1-9H,(H2,19,20,21)/b8-7+. The van der Waals surface area contributed by atoms with Crippen molar-refractivity contribution in [3.63, 3.8) is 0 Å². The Morgan fingerprint density at radius 1 is 1.19 bits per heavy atom. The second kappa shape index (κ2) is 7.24. The highest BCUT2D eigenvalue weighted by atomic mass is 79.9. The molecule has 2 amide bonds. The van der Waals surface area contributed by atoms with Crippen LogP contribution < -0.4 is 10.6 Å². The molecule has 0 saturated carbocycles. The third-order valence-corrected chi connectivity index (χ3v) is 3.36. The van der Waals surface area contributed by atoms with Crippen LogP contribution >= 0.6 is 27.5 Å². The van der Waals surface area contributed by atoms with Gasteiger partial charge in [-0.3, -0.25) is 0 Å². The minimum atomic E-state index is -0.530. The molecular weight excluding hydrogens is 359 g/mol. The van der Waals surface area contributed by atoms with E-state index in [4.69, 9.17) is 11.6 Å². The predicted octanol–water partition coefficient (Wildman–Crippen LogP) is 5.03.